The van der Waals surface area contributed by atoms with E-state index in [2.05, 4.69) is 21.2 Å². The summed E-state index contributed by atoms with van der Waals surface area (Å²) in [6.07, 6.45) is 0. The lowest BCUT2D eigenvalue weighted by atomic mass is 10.2. The summed E-state index contributed by atoms with van der Waals surface area (Å²) in [5, 5.41) is 5.62. The lowest BCUT2D eigenvalue weighted by Gasteiger charge is -2.14. The zero-order valence-electron chi connectivity index (χ0n) is 11.3. The van der Waals surface area contributed by atoms with E-state index < -0.39 is 5.91 Å². The summed E-state index contributed by atoms with van der Waals surface area (Å²) in [4.78, 5) is 12.1. The monoisotopic (exact) mass is 388 g/mol. The van der Waals surface area contributed by atoms with Gasteiger partial charge in [0.05, 0.1) is 22.3 Å². The number of hydrogen-bond acceptors (Lipinski definition) is 4. The zero-order valence-corrected chi connectivity index (χ0v) is 14.4. The van der Waals surface area contributed by atoms with E-state index in [1.807, 2.05) is 6.92 Å². The minimum atomic E-state index is -0.419. The van der Waals surface area contributed by atoms with Crippen LogP contribution in [0.3, 0.4) is 0 Å². The summed E-state index contributed by atoms with van der Waals surface area (Å²) in [7, 11) is 0. The molecular weight excluding hydrogens is 376 g/mol. The predicted octanol–water partition coefficient (Wildman–Crippen LogP) is 4.27. The Morgan fingerprint density at radius 3 is 2.86 bits per heavy atom. The van der Waals surface area contributed by atoms with Gasteiger partial charge in [-0.05, 0) is 41.1 Å². The highest BCUT2D eigenvalue weighted by atomic mass is 79.9. The van der Waals surface area contributed by atoms with Gasteiger partial charge in [-0.25, -0.2) is 0 Å². The van der Waals surface area contributed by atoms with Crippen molar-refractivity contribution in [3.63, 3.8) is 0 Å². The topological polar surface area (TPSA) is 64.3 Å². The summed E-state index contributed by atoms with van der Waals surface area (Å²) >= 11 is 11.0. The second-order valence-electron chi connectivity index (χ2n) is 4.22. The molecule has 1 amide bonds. The SMILES string of the molecule is CCOc1c(Br)cc(Cl)cc1NCc1cc(C(N)=O)cs1. The first-order chi connectivity index (χ1) is 10.0. The standard InChI is InChI=1S/C14H14BrClN2O2S/c1-2-20-13-11(15)4-9(16)5-12(13)18-6-10-3-8(7-21-10)14(17)19/h3-5,7,18H,2,6H2,1H3,(H2,17,19). The molecule has 2 rings (SSSR count). The first-order valence-electron chi connectivity index (χ1n) is 6.24. The van der Waals surface area contributed by atoms with E-state index in [0.717, 1.165) is 15.0 Å². The number of nitrogens with one attached hydrogen (secondary N) is 1. The largest absolute Gasteiger partial charge is 0.491 e. The van der Waals surface area contributed by atoms with Gasteiger partial charge in [0.1, 0.15) is 0 Å². The highest BCUT2D eigenvalue weighted by Crippen LogP contribution is 2.37. The van der Waals surface area contributed by atoms with Crippen molar-refractivity contribution < 1.29 is 9.53 Å². The van der Waals surface area contributed by atoms with Crippen molar-refractivity contribution in [1.29, 1.82) is 0 Å². The van der Waals surface area contributed by atoms with Gasteiger partial charge in [-0.15, -0.1) is 11.3 Å². The number of ether oxygens (including phenoxy) is 1. The van der Waals surface area contributed by atoms with Crippen molar-refractivity contribution in [3.05, 3.63) is 43.5 Å². The summed E-state index contributed by atoms with van der Waals surface area (Å²) in [6.45, 7) is 3.04. The maximum atomic E-state index is 11.1. The molecule has 0 unspecified atom stereocenters. The Kier molecular flexibility index (Phi) is 5.50. The van der Waals surface area contributed by atoms with E-state index in [0.29, 0.717) is 29.5 Å². The molecule has 0 aliphatic heterocycles. The quantitative estimate of drug-likeness (QED) is 0.775. The smallest absolute Gasteiger partial charge is 0.249 e. The van der Waals surface area contributed by atoms with E-state index in [1.165, 1.54) is 11.3 Å². The van der Waals surface area contributed by atoms with Crippen molar-refractivity contribution in [2.24, 2.45) is 5.73 Å². The summed E-state index contributed by atoms with van der Waals surface area (Å²) in [6, 6.07) is 5.37. The molecule has 1 aromatic carbocycles. The van der Waals surface area contributed by atoms with E-state index in [9.17, 15) is 4.79 Å². The molecule has 112 valence electrons. The van der Waals surface area contributed by atoms with Gasteiger partial charge in [0.25, 0.3) is 0 Å². The molecule has 4 nitrogen and oxygen atoms in total. The normalized spacial score (nSPS) is 10.4. The second kappa shape index (κ2) is 7.15. The molecule has 1 aromatic heterocycles. The van der Waals surface area contributed by atoms with Crippen LogP contribution >= 0.6 is 38.9 Å². The molecule has 1 heterocycles. The van der Waals surface area contributed by atoms with Crippen LogP contribution in [-0.2, 0) is 6.54 Å². The molecule has 7 heteroatoms. The fourth-order valence-electron chi connectivity index (χ4n) is 1.77. The van der Waals surface area contributed by atoms with Crippen LogP contribution in [0.5, 0.6) is 5.75 Å². The molecule has 0 fully saturated rings. The number of carbonyl (C=O) groups is 1. The second-order valence-corrected chi connectivity index (χ2v) is 6.50. The van der Waals surface area contributed by atoms with Crippen LogP contribution < -0.4 is 15.8 Å². The van der Waals surface area contributed by atoms with Crippen LogP contribution in [0.25, 0.3) is 0 Å². The Morgan fingerprint density at radius 1 is 1.48 bits per heavy atom. The summed E-state index contributed by atoms with van der Waals surface area (Å²) < 4.78 is 6.41. The van der Waals surface area contributed by atoms with Gasteiger partial charge < -0.3 is 15.8 Å². The van der Waals surface area contributed by atoms with Crippen LogP contribution in [0, 0.1) is 0 Å². The van der Waals surface area contributed by atoms with E-state index in [1.54, 1.807) is 23.6 Å². The number of primary amides is 1. The van der Waals surface area contributed by atoms with Gasteiger partial charge in [-0.3, -0.25) is 4.79 Å². The molecule has 0 aliphatic rings. The minimum absolute atomic E-state index is 0.419. The molecule has 0 bridgehead atoms. The Hall–Kier alpha value is -1.24. The zero-order chi connectivity index (χ0) is 15.4. The number of carbonyl (C=O) groups excluding carboxylic acids is 1. The van der Waals surface area contributed by atoms with Gasteiger partial charge in [-0.1, -0.05) is 11.6 Å². The number of rotatable bonds is 6. The molecular formula is C14H14BrClN2O2S. The summed E-state index contributed by atoms with van der Waals surface area (Å²) in [5.41, 5.74) is 6.56. The van der Waals surface area contributed by atoms with E-state index in [4.69, 9.17) is 22.1 Å². The van der Waals surface area contributed by atoms with Crippen LogP contribution in [0.1, 0.15) is 22.2 Å². The number of nitrogens with two attached hydrogens (primary N) is 1. The van der Waals surface area contributed by atoms with Crippen LogP contribution in [-0.4, -0.2) is 12.5 Å². The fraction of sp³-hybridized carbons (Fsp3) is 0.214. The number of halogens is 2. The third-order valence-electron chi connectivity index (χ3n) is 2.69. The van der Waals surface area contributed by atoms with Gasteiger partial charge in [0.15, 0.2) is 5.75 Å². The van der Waals surface area contributed by atoms with Crippen molar-refractivity contribution >= 4 is 50.5 Å². The predicted molar refractivity (Wildman–Crippen MR) is 90.5 cm³/mol. The minimum Gasteiger partial charge on any atom is -0.491 e. The van der Waals surface area contributed by atoms with Crippen LogP contribution in [0.15, 0.2) is 28.1 Å². The Morgan fingerprint density at radius 2 is 2.24 bits per heavy atom. The van der Waals surface area contributed by atoms with Crippen LogP contribution in [0.4, 0.5) is 5.69 Å². The van der Waals surface area contributed by atoms with Crippen LogP contribution in [0.2, 0.25) is 5.02 Å². The van der Waals surface area contributed by atoms with Gasteiger partial charge >= 0.3 is 0 Å². The average Bonchev–Trinajstić information content (AvgIpc) is 2.89. The highest BCUT2D eigenvalue weighted by molar-refractivity contribution is 9.10. The molecule has 0 atom stereocenters. The maximum Gasteiger partial charge on any atom is 0.249 e. The summed E-state index contributed by atoms with van der Waals surface area (Å²) in [5.74, 6) is 0.298. The van der Waals surface area contributed by atoms with Gasteiger partial charge in [0.2, 0.25) is 5.91 Å². The molecule has 0 saturated heterocycles. The van der Waals surface area contributed by atoms with Crippen molar-refractivity contribution in [1.82, 2.24) is 0 Å². The maximum absolute atomic E-state index is 11.1. The van der Waals surface area contributed by atoms with Crippen molar-refractivity contribution in [3.8, 4) is 5.75 Å². The van der Waals surface area contributed by atoms with E-state index >= 15 is 0 Å². The first-order valence-corrected chi connectivity index (χ1v) is 8.29. The van der Waals surface area contributed by atoms with Crippen molar-refractivity contribution in [2.45, 2.75) is 13.5 Å². The van der Waals surface area contributed by atoms with Gasteiger partial charge in [0, 0.05) is 21.8 Å². The van der Waals surface area contributed by atoms with Crippen molar-refractivity contribution in [2.75, 3.05) is 11.9 Å². The molecule has 0 radical (unpaired) electrons. The molecule has 21 heavy (non-hydrogen) atoms. The lowest BCUT2D eigenvalue weighted by molar-refractivity contribution is 0.100. The first kappa shape index (κ1) is 16.1. The third kappa shape index (κ3) is 4.12. The van der Waals surface area contributed by atoms with E-state index in [-0.39, 0.29) is 0 Å². The number of hydrogen-bond donors (Lipinski definition) is 2. The molecule has 0 saturated carbocycles. The number of benzene rings is 1. The Balaban J connectivity index is 2.16. The molecule has 3 N–H and O–H groups in total. The molecule has 2 aromatic rings. The molecule has 0 spiro atoms. The fourth-order valence-corrected chi connectivity index (χ4v) is 3.51. The number of amides is 1. The number of anilines is 1. The lowest BCUT2D eigenvalue weighted by Crippen LogP contribution is -2.09. The Labute approximate surface area is 140 Å². The third-order valence-corrected chi connectivity index (χ3v) is 4.43. The van der Waals surface area contributed by atoms with Gasteiger partial charge in [-0.2, -0.15) is 0 Å². The molecule has 0 aliphatic carbocycles. The average molecular weight is 390 g/mol. The highest BCUT2D eigenvalue weighted by Gasteiger charge is 2.11. The number of thiophene rings is 1. The Bertz CT molecular complexity index is 660.